The molecule has 0 N–H and O–H groups in total. The highest BCUT2D eigenvalue weighted by atomic mass is 35.5. The van der Waals surface area contributed by atoms with Crippen LogP contribution in [0.1, 0.15) is 25.3 Å². The largest absolute Gasteiger partial charge is 0.490 e. The lowest BCUT2D eigenvalue weighted by atomic mass is 10.2. The summed E-state index contributed by atoms with van der Waals surface area (Å²) in [5.74, 6) is 0.715. The summed E-state index contributed by atoms with van der Waals surface area (Å²) in [6.07, 6.45) is 0.763. The van der Waals surface area contributed by atoms with Crippen molar-refractivity contribution in [3.05, 3.63) is 59.1 Å². The highest BCUT2D eigenvalue weighted by Crippen LogP contribution is 2.26. The van der Waals surface area contributed by atoms with Gasteiger partial charge < -0.3 is 19.1 Å². The molecule has 0 unspecified atom stereocenters. The molecule has 0 heterocycles. The van der Waals surface area contributed by atoms with E-state index in [9.17, 15) is 9.59 Å². The second kappa shape index (κ2) is 12.0. The number of para-hydroxylation sites is 2. The van der Waals surface area contributed by atoms with Crippen molar-refractivity contribution in [2.75, 3.05) is 26.9 Å². The summed E-state index contributed by atoms with van der Waals surface area (Å²) in [5.41, 5.74) is 0.883. The number of benzene rings is 2. The van der Waals surface area contributed by atoms with Crippen molar-refractivity contribution >= 4 is 23.5 Å². The van der Waals surface area contributed by atoms with Gasteiger partial charge in [-0.2, -0.15) is 0 Å². The number of ether oxygens (including phenoxy) is 3. The predicted octanol–water partition coefficient (Wildman–Crippen LogP) is 4.10. The van der Waals surface area contributed by atoms with Gasteiger partial charge >= 0.3 is 5.97 Å². The van der Waals surface area contributed by atoms with Crippen LogP contribution in [0.2, 0.25) is 5.02 Å². The maximum absolute atomic E-state index is 12.7. The highest BCUT2D eigenvalue weighted by molar-refractivity contribution is 6.30. The van der Waals surface area contributed by atoms with Crippen molar-refractivity contribution in [1.82, 2.24) is 4.90 Å². The fourth-order valence-corrected chi connectivity index (χ4v) is 2.80. The molecule has 0 atom stereocenters. The Kier molecular flexibility index (Phi) is 9.31. The van der Waals surface area contributed by atoms with Crippen LogP contribution in [0.3, 0.4) is 0 Å². The number of halogens is 1. The van der Waals surface area contributed by atoms with Gasteiger partial charge in [-0.25, -0.2) is 0 Å². The molecule has 7 heteroatoms. The number of rotatable bonds is 11. The average molecular weight is 420 g/mol. The summed E-state index contributed by atoms with van der Waals surface area (Å²) in [5, 5.41) is 0.615. The number of carbonyl (C=O) groups is 2. The van der Waals surface area contributed by atoms with Crippen molar-refractivity contribution < 1.29 is 23.8 Å². The molecular weight excluding hydrogens is 394 g/mol. The van der Waals surface area contributed by atoms with Crippen LogP contribution in [0.25, 0.3) is 0 Å². The SMILES string of the molecule is CCOc1ccccc1OCCCC(=O)N(CC(=O)OC)Cc1ccc(Cl)cc1. The Balaban J connectivity index is 1.90. The molecule has 0 aliphatic heterocycles. The molecule has 0 aromatic heterocycles. The third kappa shape index (κ3) is 7.66. The van der Waals surface area contributed by atoms with Crippen molar-refractivity contribution in [3.8, 4) is 11.5 Å². The predicted molar refractivity (Wildman–Crippen MR) is 111 cm³/mol. The Morgan fingerprint density at radius 1 is 1.00 bits per heavy atom. The van der Waals surface area contributed by atoms with Gasteiger partial charge in [0.25, 0.3) is 0 Å². The van der Waals surface area contributed by atoms with E-state index in [4.69, 9.17) is 25.8 Å². The Morgan fingerprint density at radius 2 is 1.66 bits per heavy atom. The molecule has 0 bridgehead atoms. The van der Waals surface area contributed by atoms with Crippen molar-refractivity contribution in [2.45, 2.75) is 26.3 Å². The fraction of sp³-hybridized carbons (Fsp3) is 0.364. The first-order valence-electron chi connectivity index (χ1n) is 9.47. The molecule has 1 amide bonds. The summed E-state index contributed by atoms with van der Waals surface area (Å²) in [6.45, 7) is 3.02. The number of carbonyl (C=O) groups excluding carboxylic acids is 2. The standard InChI is InChI=1S/C22H26ClNO5/c1-3-28-19-7-4-5-8-20(19)29-14-6-9-21(25)24(16-22(26)27-2)15-17-10-12-18(23)13-11-17/h4-5,7-8,10-13H,3,6,9,14-16H2,1-2H3. The molecule has 0 radical (unpaired) electrons. The van der Waals surface area contributed by atoms with Crippen molar-refractivity contribution in [3.63, 3.8) is 0 Å². The molecule has 156 valence electrons. The number of hydrogen-bond acceptors (Lipinski definition) is 5. The number of nitrogens with zero attached hydrogens (tertiary/aromatic N) is 1. The van der Waals surface area contributed by atoms with E-state index >= 15 is 0 Å². The van der Waals surface area contributed by atoms with Gasteiger partial charge in [0, 0.05) is 18.0 Å². The first-order chi connectivity index (χ1) is 14.0. The lowest BCUT2D eigenvalue weighted by Gasteiger charge is -2.22. The van der Waals surface area contributed by atoms with Crippen LogP contribution in [0, 0.1) is 0 Å². The first-order valence-corrected chi connectivity index (χ1v) is 9.85. The fourth-order valence-electron chi connectivity index (χ4n) is 2.67. The minimum Gasteiger partial charge on any atom is -0.490 e. The first kappa shape index (κ1) is 22.6. The van der Waals surface area contributed by atoms with E-state index in [-0.39, 0.29) is 18.9 Å². The van der Waals surface area contributed by atoms with Crippen LogP contribution in [-0.2, 0) is 20.9 Å². The summed E-state index contributed by atoms with van der Waals surface area (Å²) < 4.78 is 16.0. The monoisotopic (exact) mass is 419 g/mol. The summed E-state index contributed by atoms with van der Waals surface area (Å²) in [6, 6.07) is 14.6. The zero-order chi connectivity index (χ0) is 21.1. The summed E-state index contributed by atoms with van der Waals surface area (Å²) in [4.78, 5) is 25.8. The minimum atomic E-state index is -0.464. The van der Waals surface area contributed by atoms with Gasteiger partial charge in [-0.1, -0.05) is 35.9 Å². The van der Waals surface area contributed by atoms with E-state index in [1.54, 1.807) is 12.1 Å². The lowest BCUT2D eigenvalue weighted by Crippen LogP contribution is -2.35. The van der Waals surface area contributed by atoms with Gasteiger partial charge in [0.05, 0.1) is 20.3 Å². The number of amides is 1. The molecule has 0 spiro atoms. The lowest BCUT2D eigenvalue weighted by molar-refractivity contribution is -0.147. The van der Waals surface area contributed by atoms with E-state index in [2.05, 4.69) is 0 Å². The Hall–Kier alpha value is -2.73. The molecule has 0 saturated carbocycles. The van der Waals surface area contributed by atoms with Crippen LogP contribution in [0.4, 0.5) is 0 Å². The Labute approximate surface area is 176 Å². The smallest absolute Gasteiger partial charge is 0.325 e. The van der Waals surface area contributed by atoms with Crippen LogP contribution in [0.15, 0.2) is 48.5 Å². The second-order valence-corrected chi connectivity index (χ2v) is 6.72. The van der Waals surface area contributed by atoms with E-state index in [0.29, 0.717) is 42.7 Å². The van der Waals surface area contributed by atoms with Gasteiger partial charge in [0.15, 0.2) is 11.5 Å². The summed E-state index contributed by atoms with van der Waals surface area (Å²) >= 11 is 5.91. The number of esters is 1. The van der Waals surface area contributed by atoms with Gasteiger partial charge in [-0.05, 0) is 43.2 Å². The molecule has 2 aromatic carbocycles. The minimum absolute atomic E-state index is 0.105. The Morgan fingerprint density at radius 3 is 2.28 bits per heavy atom. The highest BCUT2D eigenvalue weighted by Gasteiger charge is 2.18. The molecule has 2 aromatic rings. The van der Waals surface area contributed by atoms with E-state index in [1.165, 1.54) is 12.0 Å². The Bertz CT molecular complexity index is 794. The van der Waals surface area contributed by atoms with Crippen LogP contribution < -0.4 is 9.47 Å². The van der Waals surface area contributed by atoms with Gasteiger partial charge in [0.2, 0.25) is 5.91 Å². The average Bonchev–Trinajstić information content (AvgIpc) is 2.73. The van der Waals surface area contributed by atoms with Crippen molar-refractivity contribution in [2.24, 2.45) is 0 Å². The zero-order valence-electron chi connectivity index (χ0n) is 16.7. The molecular formula is C22H26ClNO5. The van der Waals surface area contributed by atoms with Gasteiger partial charge in [0.1, 0.15) is 6.54 Å². The summed E-state index contributed by atoms with van der Waals surface area (Å²) in [7, 11) is 1.30. The maximum Gasteiger partial charge on any atom is 0.325 e. The van der Waals surface area contributed by atoms with Crippen molar-refractivity contribution in [1.29, 1.82) is 0 Å². The zero-order valence-corrected chi connectivity index (χ0v) is 17.5. The quantitative estimate of drug-likeness (QED) is 0.405. The molecule has 0 fully saturated rings. The van der Waals surface area contributed by atoms with E-state index < -0.39 is 5.97 Å². The van der Waals surface area contributed by atoms with Crippen LogP contribution >= 0.6 is 11.6 Å². The third-order valence-electron chi connectivity index (χ3n) is 4.13. The van der Waals surface area contributed by atoms with Gasteiger partial charge in [-0.15, -0.1) is 0 Å². The molecule has 0 aliphatic rings. The van der Waals surface area contributed by atoms with Crippen LogP contribution in [-0.4, -0.2) is 43.6 Å². The maximum atomic E-state index is 12.7. The second-order valence-electron chi connectivity index (χ2n) is 6.28. The molecule has 0 aliphatic carbocycles. The molecule has 29 heavy (non-hydrogen) atoms. The topological polar surface area (TPSA) is 65.1 Å². The third-order valence-corrected chi connectivity index (χ3v) is 4.38. The molecule has 2 rings (SSSR count). The number of hydrogen-bond donors (Lipinski definition) is 0. The molecule has 6 nitrogen and oxygen atoms in total. The van der Waals surface area contributed by atoms with E-state index in [1.807, 2.05) is 43.3 Å². The van der Waals surface area contributed by atoms with Gasteiger partial charge in [-0.3, -0.25) is 9.59 Å². The molecule has 0 saturated heterocycles. The number of methoxy groups -OCH3 is 1. The van der Waals surface area contributed by atoms with Crippen LogP contribution in [0.5, 0.6) is 11.5 Å². The normalized spacial score (nSPS) is 10.3. The van der Waals surface area contributed by atoms with E-state index in [0.717, 1.165) is 5.56 Å².